The third kappa shape index (κ3) is 3.15. The van der Waals surface area contributed by atoms with Crippen LogP contribution in [0, 0.1) is 10.1 Å². The Morgan fingerprint density at radius 2 is 2.12 bits per heavy atom. The van der Waals surface area contributed by atoms with Crippen molar-refractivity contribution in [1.29, 1.82) is 0 Å². The van der Waals surface area contributed by atoms with Gasteiger partial charge in [0.05, 0.1) is 4.92 Å². The summed E-state index contributed by atoms with van der Waals surface area (Å²) in [5, 5.41) is 19.4. The van der Waals surface area contributed by atoms with Gasteiger partial charge in [-0.25, -0.2) is 0 Å². The number of nitro groups is 1. The molecular formula is C10H12N2O5. The fourth-order valence-corrected chi connectivity index (χ4v) is 1.18. The van der Waals surface area contributed by atoms with E-state index in [4.69, 9.17) is 15.6 Å². The highest BCUT2D eigenvalue weighted by Gasteiger charge is 2.24. The van der Waals surface area contributed by atoms with Crippen LogP contribution in [0.25, 0.3) is 0 Å². The van der Waals surface area contributed by atoms with Crippen LogP contribution in [0.5, 0.6) is 5.75 Å². The van der Waals surface area contributed by atoms with Crippen LogP contribution in [0.1, 0.15) is 6.92 Å². The Morgan fingerprint density at radius 3 is 2.65 bits per heavy atom. The molecule has 0 radical (unpaired) electrons. The minimum atomic E-state index is -1.24. The molecule has 0 spiro atoms. The zero-order chi connectivity index (χ0) is 13.0. The lowest BCUT2D eigenvalue weighted by atomic mass is 10.2. The van der Waals surface area contributed by atoms with E-state index in [0.29, 0.717) is 0 Å². The average molecular weight is 240 g/mol. The molecule has 17 heavy (non-hydrogen) atoms. The van der Waals surface area contributed by atoms with Gasteiger partial charge in [-0.05, 0) is 13.0 Å². The van der Waals surface area contributed by atoms with Crippen LogP contribution in [0.4, 0.5) is 5.69 Å². The van der Waals surface area contributed by atoms with Gasteiger partial charge in [0.25, 0.3) is 0 Å². The molecule has 0 aliphatic rings. The van der Waals surface area contributed by atoms with Gasteiger partial charge in [-0.3, -0.25) is 14.9 Å². The highest BCUT2D eigenvalue weighted by atomic mass is 16.6. The van der Waals surface area contributed by atoms with Crippen molar-refractivity contribution in [1.82, 2.24) is 0 Å². The monoisotopic (exact) mass is 240 g/mol. The molecule has 0 aliphatic heterocycles. The summed E-state index contributed by atoms with van der Waals surface area (Å²) in [6.07, 6.45) is -0.867. The van der Waals surface area contributed by atoms with Gasteiger partial charge in [0.2, 0.25) is 0 Å². The van der Waals surface area contributed by atoms with E-state index in [1.807, 2.05) is 0 Å². The molecule has 0 amide bonds. The fourth-order valence-electron chi connectivity index (χ4n) is 1.18. The summed E-state index contributed by atoms with van der Waals surface area (Å²) in [6.45, 7) is 1.44. The second-order valence-electron chi connectivity index (χ2n) is 3.41. The van der Waals surface area contributed by atoms with Gasteiger partial charge in [0, 0.05) is 6.07 Å². The molecule has 92 valence electrons. The van der Waals surface area contributed by atoms with Crippen molar-refractivity contribution < 1.29 is 19.6 Å². The summed E-state index contributed by atoms with van der Waals surface area (Å²) >= 11 is 0. The minimum Gasteiger partial charge on any atom is -0.481 e. The van der Waals surface area contributed by atoms with Gasteiger partial charge >= 0.3 is 11.7 Å². The number of hydrogen-bond donors (Lipinski definition) is 2. The van der Waals surface area contributed by atoms with Crippen LogP contribution >= 0.6 is 0 Å². The zero-order valence-electron chi connectivity index (χ0n) is 9.07. The van der Waals surface area contributed by atoms with Crippen LogP contribution < -0.4 is 10.5 Å². The first-order chi connectivity index (χ1) is 7.93. The minimum absolute atomic E-state index is 0.00157. The lowest BCUT2D eigenvalue weighted by Crippen LogP contribution is -2.43. The summed E-state index contributed by atoms with van der Waals surface area (Å²) in [7, 11) is 0. The van der Waals surface area contributed by atoms with Crippen LogP contribution in [-0.2, 0) is 4.79 Å². The molecule has 1 aromatic carbocycles. The number of nitrogens with zero attached hydrogens (tertiary/aromatic N) is 1. The Kier molecular flexibility index (Phi) is 4.00. The fraction of sp³-hybridized carbons (Fsp3) is 0.300. The summed E-state index contributed by atoms with van der Waals surface area (Å²) in [6, 6.07) is 4.47. The molecule has 3 N–H and O–H groups in total. The van der Waals surface area contributed by atoms with E-state index in [9.17, 15) is 14.9 Å². The van der Waals surface area contributed by atoms with Crippen molar-refractivity contribution in [3.63, 3.8) is 0 Å². The third-order valence-corrected chi connectivity index (χ3v) is 2.17. The SMILES string of the molecule is CC(Oc1ccccc1[N+](=O)[O-])C(N)C(=O)O. The van der Waals surface area contributed by atoms with Gasteiger partial charge < -0.3 is 15.6 Å². The van der Waals surface area contributed by atoms with E-state index in [1.165, 1.54) is 25.1 Å². The molecular weight excluding hydrogens is 228 g/mol. The number of nitrogens with two attached hydrogens (primary N) is 1. The second kappa shape index (κ2) is 5.26. The molecule has 0 aliphatic carbocycles. The van der Waals surface area contributed by atoms with E-state index in [0.717, 1.165) is 0 Å². The number of carbonyl (C=O) groups is 1. The molecule has 7 heteroatoms. The molecule has 1 aromatic rings. The largest absolute Gasteiger partial charge is 0.481 e. The Bertz CT molecular complexity index is 434. The van der Waals surface area contributed by atoms with Gasteiger partial charge in [0.1, 0.15) is 12.1 Å². The standard InChI is InChI=1S/C10H12N2O5/c1-6(9(11)10(13)14)17-8-5-3-2-4-7(8)12(15)16/h2-6,9H,11H2,1H3,(H,13,14). The smallest absolute Gasteiger partial charge is 0.324 e. The number of hydrogen-bond acceptors (Lipinski definition) is 5. The van der Waals surface area contributed by atoms with Crippen LogP contribution in [0.3, 0.4) is 0 Å². The van der Waals surface area contributed by atoms with E-state index in [-0.39, 0.29) is 11.4 Å². The van der Waals surface area contributed by atoms with Gasteiger partial charge in [-0.2, -0.15) is 0 Å². The van der Waals surface area contributed by atoms with Crippen LogP contribution in [0.15, 0.2) is 24.3 Å². The highest BCUT2D eigenvalue weighted by Crippen LogP contribution is 2.27. The van der Waals surface area contributed by atoms with Crippen molar-refractivity contribution in [2.45, 2.75) is 19.1 Å². The number of ether oxygens (including phenoxy) is 1. The average Bonchev–Trinajstić information content (AvgIpc) is 2.28. The van der Waals surface area contributed by atoms with Crippen molar-refractivity contribution in [2.24, 2.45) is 5.73 Å². The van der Waals surface area contributed by atoms with Crippen LogP contribution in [0.2, 0.25) is 0 Å². The number of aliphatic carboxylic acids is 1. The maximum absolute atomic E-state index is 10.7. The third-order valence-electron chi connectivity index (χ3n) is 2.17. The molecule has 0 saturated heterocycles. The molecule has 0 fully saturated rings. The van der Waals surface area contributed by atoms with Crippen molar-refractivity contribution in [3.8, 4) is 5.75 Å². The molecule has 0 aromatic heterocycles. The number of benzene rings is 1. The number of rotatable bonds is 5. The van der Waals surface area contributed by atoms with Gasteiger partial charge in [0.15, 0.2) is 5.75 Å². The maximum atomic E-state index is 10.7. The summed E-state index contributed by atoms with van der Waals surface area (Å²) < 4.78 is 5.18. The van der Waals surface area contributed by atoms with Gasteiger partial charge in [-0.1, -0.05) is 12.1 Å². The Morgan fingerprint density at radius 1 is 1.53 bits per heavy atom. The quantitative estimate of drug-likeness (QED) is 0.580. The summed E-state index contributed by atoms with van der Waals surface area (Å²) in [5.41, 5.74) is 5.11. The topological polar surface area (TPSA) is 116 Å². The van der Waals surface area contributed by atoms with Crippen molar-refractivity contribution in [2.75, 3.05) is 0 Å². The van der Waals surface area contributed by atoms with Crippen LogP contribution in [-0.4, -0.2) is 28.1 Å². The zero-order valence-corrected chi connectivity index (χ0v) is 9.07. The Hall–Kier alpha value is -2.15. The predicted molar refractivity (Wildman–Crippen MR) is 58.8 cm³/mol. The van der Waals surface area contributed by atoms with Crippen molar-refractivity contribution >= 4 is 11.7 Å². The lowest BCUT2D eigenvalue weighted by Gasteiger charge is -2.17. The van der Waals surface area contributed by atoms with E-state index in [2.05, 4.69) is 0 Å². The number of para-hydroxylation sites is 2. The Labute approximate surface area is 97.0 Å². The first-order valence-electron chi connectivity index (χ1n) is 4.82. The normalized spacial score (nSPS) is 13.8. The van der Waals surface area contributed by atoms with Gasteiger partial charge in [-0.15, -0.1) is 0 Å². The summed E-state index contributed by atoms with van der Waals surface area (Å²) in [4.78, 5) is 20.7. The molecule has 2 atom stereocenters. The second-order valence-corrected chi connectivity index (χ2v) is 3.41. The van der Waals surface area contributed by atoms with E-state index < -0.39 is 23.0 Å². The molecule has 7 nitrogen and oxygen atoms in total. The number of carboxylic acids is 1. The van der Waals surface area contributed by atoms with E-state index in [1.54, 1.807) is 6.07 Å². The van der Waals surface area contributed by atoms with E-state index >= 15 is 0 Å². The molecule has 0 bridgehead atoms. The predicted octanol–water partition coefficient (Wildman–Crippen LogP) is 0.774. The Balaban J connectivity index is 2.88. The molecule has 1 rings (SSSR count). The lowest BCUT2D eigenvalue weighted by molar-refractivity contribution is -0.386. The van der Waals surface area contributed by atoms with Crippen molar-refractivity contribution in [3.05, 3.63) is 34.4 Å². The highest BCUT2D eigenvalue weighted by molar-refractivity contribution is 5.73. The first-order valence-corrected chi connectivity index (χ1v) is 4.82. The molecule has 2 unspecified atom stereocenters. The number of nitro benzene ring substituents is 1. The molecule has 0 heterocycles. The first kappa shape index (κ1) is 12.9. The number of carboxylic acid groups (broad SMARTS) is 1. The maximum Gasteiger partial charge on any atom is 0.324 e. The molecule has 0 saturated carbocycles. The summed E-state index contributed by atoms with van der Waals surface area (Å²) in [5.74, 6) is -1.22.